The van der Waals surface area contributed by atoms with E-state index in [2.05, 4.69) is 10.1 Å². The first kappa shape index (κ1) is 14.8. The molecule has 0 saturated carbocycles. The van der Waals surface area contributed by atoms with Gasteiger partial charge in [-0.3, -0.25) is 14.6 Å². The highest BCUT2D eigenvalue weighted by Gasteiger charge is 2.21. The van der Waals surface area contributed by atoms with Crippen LogP contribution in [-0.2, 0) is 14.3 Å². The smallest absolute Gasteiger partial charge is 0.347 e. The lowest BCUT2D eigenvalue weighted by Crippen LogP contribution is -2.35. The molecule has 1 atom stereocenters. The molecule has 1 saturated heterocycles. The molecule has 0 bridgehead atoms. The first-order valence-electron chi connectivity index (χ1n) is 6.25. The number of thioether (sulfide) groups is 1. The van der Waals surface area contributed by atoms with Crippen molar-refractivity contribution in [2.75, 3.05) is 19.0 Å². The fraction of sp³-hybridized carbons (Fsp3) is 0.636. The Hall–Kier alpha value is -1.61. The van der Waals surface area contributed by atoms with Gasteiger partial charge >= 0.3 is 11.7 Å². The molecule has 0 radical (unpaired) electrons. The van der Waals surface area contributed by atoms with Gasteiger partial charge in [0, 0.05) is 6.61 Å². The summed E-state index contributed by atoms with van der Waals surface area (Å²) in [6.45, 7) is 2.53. The lowest BCUT2D eigenvalue weighted by Gasteiger charge is -2.11. The molecule has 1 fully saturated rings. The van der Waals surface area contributed by atoms with Gasteiger partial charge in [0.1, 0.15) is 0 Å². The van der Waals surface area contributed by atoms with Crippen molar-refractivity contribution in [3.8, 4) is 0 Å². The summed E-state index contributed by atoms with van der Waals surface area (Å²) in [6, 6.07) is 0. The summed E-state index contributed by atoms with van der Waals surface area (Å²) in [6.07, 6.45) is 1.05. The molecule has 1 N–H and O–H groups in total. The molecule has 0 amide bonds. The molecule has 8 nitrogen and oxygen atoms in total. The number of aromatic amines is 1. The third-order valence-electron chi connectivity index (χ3n) is 2.63. The Bertz CT molecular complexity index is 590. The molecule has 1 aromatic rings. The molecular formula is C11H15N3O5S. The van der Waals surface area contributed by atoms with Crippen molar-refractivity contribution in [3.63, 3.8) is 0 Å². The fourth-order valence-electron chi connectivity index (χ4n) is 1.77. The van der Waals surface area contributed by atoms with Gasteiger partial charge in [0.25, 0.3) is 5.56 Å². The number of H-pyrrole nitrogens is 1. The monoisotopic (exact) mass is 301 g/mol. The second-order valence-electron chi connectivity index (χ2n) is 4.07. The number of aromatic nitrogens is 3. The second-order valence-corrected chi connectivity index (χ2v) is 5.03. The van der Waals surface area contributed by atoms with E-state index in [-0.39, 0.29) is 17.4 Å². The van der Waals surface area contributed by atoms with E-state index >= 15 is 0 Å². The number of rotatable bonds is 5. The van der Waals surface area contributed by atoms with E-state index in [1.165, 1.54) is 0 Å². The van der Waals surface area contributed by atoms with Gasteiger partial charge in [0.05, 0.1) is 12.4 Å². The Labute approximate surface area is 118 Å². The first-order chi connectivity index (χ1) is 9.61. The number of carbonyl (C=O) groups excluding carboxylic acids is 1. The number of hydrogen-bond acceptors (Lipinski definition) is 7. The highest BCUT2D eigenvalue weighted by molar-refractivity contribution is 7.99. The van der Waals surface area contributed by atoms with E-state index < -0.39 is 23.4 Å². The van der Waals surface area contributed by atoms with Crippen LogP contribution >= 0.6 is 11.8 Å². The molecule has 0 spiro atoms. The molecule has 1 aliphatic rings. The van der Waals surface area contributed by atoms with Crippen LogP contribution in [-0.4, -0.2) is 39.7 Å². The minimum atomic E-state index is -0.612. The lowest BCUT2D eigenvalue weighted by atomic mass is 10.3. The Morgan fingerprint density at radius 2 is 2.40 bits per heavy atom. The van der Waals surface area contributed by atoms with Gasteiger partial charge in [-0.1, -0.05) is 11.8 Å². The summed E-state index contributed by atoms with van der Waals surface area (Å²) in [4.78, 5) is 36.8. The van der Waals surface area contributed by atoms with Crippen LogP contribution in [0.15, 0.2) is 14.6 Å². The fourth-order valence-corrected chi connectivity index (χ4v) is 2.44. The number of carbonyl (C=O) groups is 1. The molecule has 1 aliphatic heterocycles. The van der Waals surface area contributed by atoms with Crippen LogP contribution in [0.3, 0.4) is 0 Å². The van der Waals surface area contributed by atoms with Gasteiger partial charge in [-0.2, -0.15) is 9.78 Å². The van der Waals surface area contributed by atoms with Gasteiger partial charge in [-0.05, 0) is 19.8 Å². The van der Waals surface area contributed by atoms with Gasteiger partial charge in [-0.15, -0.1) is 0 Å². The molecule has 20 heavy (non-hydrogen) atoms. The zero-order valence-corrected chi connectivity index (χ0v) is 11.8. The highest BCUT2D eigenvalue weighted by atomic mass is 32.2. The predicted molar refractivity (Wildman–Crippen MR) is 70.7 cm³/mol. The average Bonchev–Trinajstić information content (AvgIpc) is 2.92. The van der Waals surface area contributed by atoms with E-state index in [0.717, 1.165) is 22.9 Å². The van der Waals surface area contributed by atoms with E-state index in [4.69, 9.17) is 9.47 Å². The molecule has 0 aromatic carbocycles. The van der Waals surface area contributed by atoms with Crippen LogP contribution in [0.25, 0.3) is 0 Å². The normalized spacial score (nSPS) is 18.1. The molecular weight excluding hydrogens is 286 g/mol. The van der Waals surface area contributed by atoms with Crippen molar-refractivity contribution < 1.29 is 14.3 Å². The van der Waals surface area contributed by atoms with Crippen molar-refractivity contribution in [1.29, 1.82) is 0 Å². The molecule has 0 aliphatic carbocycles. The molecule has 9 heteroatoms. The number of nitrogens with one attached hydrogen (secondary N) is 1. The highest BCUT2D eigenvalue weighted by Crippen LogP contribution is 2.20. The van der Waals surface area contributed by atoms with E-state index in [1.54, 1.807) is 6.92 Å². The maximum absolute atomic E-state index is 11.7. The topological polar surface area (TPSA) is 103 Å². The zero-order valence-electron chi connectivity index (χ0n) is 11.0. The van der Waals surface area contributed by atoms with Crippen LogP contribution in [0.2, 0.25) is 0 Å². The Balaban J connectivity index is 2.16. The summed E-state index contributed by atoms with van der Waals surface area (Å²) in [5, 5.41) is 4.03. The maximum Gasteiger partial charge on any atom is 0.347 e. The van der Waals surface area contributed by atoms with E-state index in [1.807, 2.05) is 0 Å². The quantitative estimate of drug-likeness (QED) is 0.598. The number of ether oxygens (including phenoxy) is 2. The van der Waals surface area contributed by atoms with Crippen molar-refractivity contribution in [2.24, 2.45) is 0 Å². The molecule has 110 valence electrons. The lowest BCUT2D eigenvalue weighted by molar-refractivity contribution is -0.139. The Kier molecular flexibility index (Phi) is 4.96. The number of nitrogens with zero attached hydrogens (tertiary/aromatic N) is 2. The Morgan fingerprint density at radius 1 is 1.60 bits per heavy atom. The third-order valence-corrected chi connectivity index (χ3v) is 3.55. The summed E-state index contributed by atoms with van der Waals surface area (Å²) < 4.78 is 11.2. The van der Waals surface area contributed by atoms with Crippen molar-refractivity contribution in [3.05, 3.63) is 20.8 Å². The van der Waals surface area contributed by atoms with Crippen LogP contribution in [0.5, 0.6) is 0 Å². The summed E-state index contributed by atoms with van der Waals surface area (Å²) in [5.74, 6) is -0.471. The predicted octanol–water partition coefficient (Wildman–Crippen LogP) is -0.104. The first-order valence-corrected chi connectivity index (χ1v) is 7.23. The summed E-state index contributed by atoms with van der Waals surface area (Å²) in [7, 11) is 0. The van der Waals surface area contributed by atoms with Gasteiger partial charge < -0.3 is 9.47 Å². The second kappa shape index (κ2) is 6.71. The molecule has 1 unspecified atom stereocenters. The summed E-state index contributed by atoms with van der Waals surface area (Å²) in [5.41, 5.74) is -1.22. The van der Waals surface area contributed by atoms with Crippen molar-refractivity contribution in [2.45, 2.75) is 31.0 Å². The van der Waals surface area contributed by atoms with Gasteiger partial charge in [-0.25, -0.2) is 4.79 Å². The molecule has 2 rings (SSSR count). The summed E-state index contributed by atoms with van der Waals surface area (Å²) >= 11 is 0.932. The van der Waals surface area contributed by atoms with Crippen LogP contribution < -0.4 is 11.2 Å². The van der Waals surface area contributed by atoms with Crippen LogP contribution in [0, 0.1) is 0 Å². The number of esters is 1. The largest absolute Gasteiger partial charge is 0.465 e. The maximum atomic E-state index is 11.7. The molecule has 2 heterocycles. The zero-order chi connectivity index (χ0) is 14.5. The van der Waals surface area contributed by atoms with Crippen LogP contribution in [0.4, 0.5) is 0 Å². The minimum absolute atomic E-state index is 0.0341. The number of hydrogen-bond donors (Lipinski definition) is 1. The average molecular weight is 301 g/mol. The van der Waals surface area contributed by atoms with E-state index in [0.29, 0.717) is 13.0 Å². The van der Waals surface area contributed by atoms with Crippen molar-refractivity contribution in [1.82, 2.24) is 14.8 Å². The Morgan fingerprint density at radius 3 is 3.05 bits per heavy atom. The molecule has 1 aromatic heterocycles. The SMILES string of the molecule is CCOC(=O)CSc1nn(C2CCCO2)c(=O)[nH]c1=O. The van der Waals surface area contributed by atoms with Crippen LogP contribution in [0.1, 0.15) is 26.0 Å². The van der Waals surface area contributed by atoms with Gasteiger partial charge in [0.2, 0.25) is 0 Å². The standard InChI is InChI=1S/C11H15N3O5S/c1-2-18-8(15)6-20-10-9(16)12-11(17)14(13-10)7-4-3-5-19-7/h7H,2-6H2,1H3,(H,12,16,17). The third kappa shape index (κ3) is 3.48. The van der Waals surface area contributed by atoms with E-state index in [9.17, 15) is 14.4 Å². The minimum Gasteiger partial charge on any atom is -0.465 e. The van der Waals surface area contributed by atoms with Crippen molar-refractivity contribution >= 4 is 17.7 Å². The van der Waals surface area contributed by atoms with Gasteiger partial charge in [0.15, 0.2) is 11.3 Å².